The van der Waals surface area contributed by atoms with Gasteiger partial charge in [-0.1, -0.05) is 13.8 Å². The lowest BCUT2D eigenvalue weighted by Crippen LogP contribution is -2.28. The molecule has 0 amide bonds. The number of nitrogens with zero attached hydrogens (tertiary/aromatic N) is 3. The Kier molecular flexibility index (Phi) is 2.50. The number of likely N-dealkylation sites (N-methyl/N-ethyl adjacent to an activating group) is 1. The molecule has 0 aromatic carbocycles. The lowest BCUT2D eigenvalue weighted by atomic mass is 10.1. The van der Waals surface area contributed by atoms with Crippen molar-refractivity contribution in [3.05, 3.63) is 23.3 Å². The maximum Gasteiger partial charge on any atom is 0.131 e. The SMILES string of the molecule is CC(C)c1ncc2c(n1)CN(C)CC2. The first-order valence-electron chi connectivity index (χ1n) is 5.20. The van der Waals surface area contributed by atoms with Crippen LogP contribution in [-0.2, 0) is 13.0 Å². The van der Waals surface area contributed by atoms with Crippen molar-refractivity contribution in [2.24, 2.45) is 0 Å². The van der Waals surface area contributed by atoms with Gasteiger partial charge in [0, 0.05) is 25.2 Å². The normalized spacial score (nSPS) is 17.1. The molecule has 0 saturated carbocycles. The van der Waals surface area contributed by atoms with Gasteiger partial charge in [0.2, 0.25) is 0 Å². The van der Waals surface area contributed by atoms with Gasteiger partial charge in [0.15, 0.2) is 0 Å². The highest BCUT2D eigenvalue weighted by Crippen LogP contribution is 2.17. The number of rotatable bonds is 1. The van der Waals surface area contributed by atoms with Crippen molar-refractivity contribution in [2.75, 3.05) is 13.6 Å². The summed E-state index contributed by atoms with van der Waals surface area (Å²) in [6.45, 7) is 6.36. The second-order valence-corrected chi connectivity index (χ2v) is 4.34. The molecule has 3 heteroatoms. The van der Waals surface area contributed by atoms with Gasteiger partial charge in [-0.3, -0.25) is 0 Å². The van der Waals surface area contributed by atoms with E-state index in [9.17, 15) is 0 Å². The summed E-state index contributed by atoms with van der Waals surface area (Å²) >= 11 is 0. The van der Waals surface area contributed by atoms with E-state index in [1.165, 1.54) is 11.3 Å². The summed E-state index contributed by atoms with van der Waals surface area (Å²) < 4.78 is 0. The monoisotopic (exact) mass is 191 g/mol. The number of hydrogen-bond donors (Lipinski definition) is 0. The predicted molar refractivity (Wildman–Crippen MR) is 56.2 cm³/mol. The molecule has 0 unspecified atom stereocenters. The van der Waals surface area contributed by atoms with E-state index >= 15 is 0 Å². The fourth-order valence-electron chi connectivity index (χ4n) is 1.73. The zero-order valence-electron chi connectivity index (χ0n) is 9.12. The molecule has 0 saturated heterocycles. The van der Waals surface area contributed by atoms with E-state index in [0.29, 0.717) is 5.92 Å². The molecule has 1 aromatic rings. The molecule has 0 aliphatic carbocycles. The Balaban J connectivity index is 2.33. The van der Waals surface area contributed by atoms with Gasteiger partial charge in [0.25, 0.3) is 0 Å². The molecule has 0 bridgehead atoms. The van der Waals surface area contributed by atoms with Crippen molar-refractivity contribution in [1.82, 2.24) is 14.9 Å². The van der Waals surface area contributed by atoms with Crippen molar-refractivity contribution < 1.29 is 0 Å². The zero-order valence-corrected chi connectivity index (χ0v) is 9.12. The molecule has 0 fully saturated rings. The van der Waals surface area contributed by atoms with Crippen LogP contribution in [0.15, 0.2) is 6.20 Å². The largest absolute Gasteiger partial charge is 0.300 e. The van der Waals surface area contributed by atoms with E-state index in [1.54, 1.807) is 0 Å². The average Bonchev–Trinajstić information content (AvgIpc) is 2.16. The van der Waals surface area contributed by atoms with Crippen molar-refractivity contribution in [1.29, 1.82) is 0 Å². The Labute approximate surface area is 85.2 Å². The van der Waals surface area contributed by atoms with Gasteiger partial charge in [-0.05, 0) is 19.0 Å². The number of aromatic nitrogens is 2. The highest BCUT2D eigenvalue weighted by molar-refractivity contribution is 5.21. The summed E-state index contributed by atoms with van der Waals surface area (Å²) in [6, 6.07) is 0. The summed E-state index contributed by atoms with van der Waals surface area (Å²) in [4.78, 5) is 11.3. The van der Waals surface area contributed by atoms with Crippen LogP contribution < -0.4 is 0 Å². The Morgan fingerprint density at radius 3 is 2.93 bits per heavy atom. The molecule has 1 aromatic heterocycles. The Hall–Kier alpha value is -0.960. The summed E-state index contributed by atoms with van der Waals surface area (Å²) in [5.41, 5.74) is 2.55. The third-order valence-corrected chi connectivity index (χ3v) is 2.67. The van der Waals surface area contributed by atoms with E-state index in [1.807, 2.05) is 6.20 Å². The van der Waals surface area contributed by atoms with Gasteiger partial charge >= 0.3 is 0 Å². The highest BCUT2D eigenvalue weighted by atomic mass is 15.1. The Morgan fingerprint density at radius 2 is 2.21 bits per heavy atom. The van der Waals surface area contributed by atoms with Crippen molar-refractivity contribution in [3.63, 3.8) is 0 Å². The first kappa shape index (κ1) is 9.59. The molecular weight excluding hydrogens is 174 g/mol. The fourth-order valence-corrected chi connectivity index (χ4v) is 1.73. The van der Waals surface area contributed by atoms with Gasteiger partial charge in [-0.2, -0.15) is 0 Å². The summed E-state index contributed by atoms with van der Waals surface area (Å²) in [5.74, 6) is 1.39. The van der Waals surface area contributed by atoms with E-state index in [2.05, 4.69) is 35.8 Å². The smallest absolute Gasteiger partial charge is 0.131 e. The second kappa shape index (κ2) is 3.65. The van der Waals surface area contributed by atoms with Crippen LogP contribution in [0, 0.1) is 0 Å². The number of fused-ring (bicyclic) bond motifs is 1. The van der Waals surface area contributed by atoms with Crippen LogP contribution in [-0.4, -0.2) is 28.5 Å². The van der Waals surface area contributed by atoms with Crippen molar-refractivity contribution in [3.8, 4) is 0 Å². The molecule has 0 N–H and O–H groups in total. The standard InChI is InChI=1S/C11H17N3/c1-8(2)11-12-6-9-4-5-14(3)7-10(9)13-11/h6,8H,4-5,7H2,1-3H3. The summed E-state index contributed by atoms with van der Waals surface area (Å²) in [5, 5.41) is 0. The van der Waals surface area contributed by atoms with Gasteiger partial charge < -0.3 is 4.90 Å². The highest BCUT2D eigenvalue weighted by Gasteiger charge is 2.16. The molecule has 1 aliphatic heterocycles. The molecule has 14 heavy (non-hydrogen) atoms. The zero-order chi connectivity index (χ0) is 10.1. The second-order valence-electron chi connectivity index (χ2n) is 4.34. The summed E-state index contributed by atoms with van der Waals surface area (Å²) in [6.07, 6.45) is 3.09. The molecule has 2 rings (SSSR count). The van der Waals surface area contributed by atoms with Crippen LogP contribution in [0.3, 0.4) is 0 Å². The van der Waals surface area contributed by atoms with Gasteiger partial charge in [-0.25, -0.2) is 9.97 Å². The molecule has 0 atom stereocenters. The molecule has 3 nitrogen and oxygen atoms in total. The quantitative estimate of drug-likeness (QED) is 0.675. The molecule has 0 radical (unpaired) electrons. The number of hydrogen-bond acceptors (Lipinski definition) is 3. The lowest BCUT2D eigenvalue weighted by Gasteiger charge is -2.24. The van der Waals surface area contributed by atoms with E-state index in [0.717, 1.165) is 25.3 Å². The molecule has 1 aliphatic rings. The van der Waals surface area contributed by atoms with Gasteiger partial charge in [0.05, 0.1) is 5.69 Å². The first-order valence-corrected chi connectivity index (χ1v) is 5.20. The topological polar surface area (TPSA) is 29.0 Å². The average molecular weight is 191 g/mol. The third-order valence-electron chi connectivity index (χ3n) is 2.67. The maximum atomic E-state index is 4.61. The van der Waals surface area contributed by atoms with E-state index < -0.39 is 0 Å². The van der Waals surface area contributed by atoms with Crippen molar-refractivity contribution >= 4 is 0 Å². The Bertz CT molecular complexity index is 333. The molecular formula is C11H17N3. The van der Waals surface area contributed by atoms with Gasteiger partial charge in [-0.15, -0.1) is 0 Å². The minimum absolute atomic E-state index is 0.424. The van der Waals surface area contributed by atoms with Gasteiger partial charge in [0.1, 0.15) is 5.82 Å². The molecule has 76 valence electrons. The van der Waals surface area contributed by atoms with Crippen LogP contribution in [0.1, 0.15) is 36.8 Å². The minimum Gasteiger partial charge on any atom is -0.300 e. The first-order chi connectivity index (χ1) is 6.66. The van der Waals surface area contributed by atoms with Crippen LogP contribution >= 0.6 is 0 Å². The minimum atomic E-state index is 0.424. The third kappa shape index (κ3) is 1.77. The van der Waals surface area contributed by atoms with Crippen LogP contribution in [0.4, 0.5) is 0 Å². The van der Waals surface area contributed by atoms with Crippen LogP contribution in [0.25, 0.3) is 0 Å². The van der Waals surface area contributed by atoms with Crippen LogP contribution in [0.5, 0.6) is 0 Å². The maximum absolute atomic E-state index is 4.61. The lowest BCUT2D eigenvalue weighted by molar-refractivity contribution is 0.306. The molecule has 2 heterocycles. The molecule has 0 spiro atoms. The van der Waals surface area contributed by atoms with Crippen molar-refractivity contribution in [2.45, 2.75) is 32.7 Å². The predicted octanol–water partition coefficient (Wildman–Crippen LogP) is 1.59. The fraction of sp³-hybridized carbons (Fsp3) is 0.636. The Morgan fingerprint density at radius 1 is 1.43 bits per heavy atom. The van der Waals surface area contributed by atoms with E-state index in [4.69, 9.17) is 0 Å². The van der Waals surface area contributed by atoms with Crippen LogP contribution in [0.2, 0.25) is 0 Å². The van der Waals surface area contributed by atoms with E-state index in [-0.39, 0.29) is 0 Å². The summed E-state index contributed by atoms with van der Waals surface area (Å²) in [7, 11) is 2.14.